The Balaban J connectivity index is 2.15. The first-order valence-corrected chi connectivity index (χ1v) is 8.56. The van der Waals surface area contributed by atoms with E-state index in [1.165, 1.54) is 0 Å². The molecule has 0 unspecified atom stereocenters. The van der Waals surface area contributed by atoms with Crippen LogP contribution in [0, 0.1) is 11.3 Å². The van der Waals surface area contributed by atoms with E-state index in [9.17, 15) is 15.0 Å². The fraction of sp³-hybridized carbons (Fsp3) is 0.650. The Morgan fingerprint density at radius 3 is 2.48 bits per heavy atom. The zero-order valence-electron chi connectivity index (χ0n) is 14.8. The molecule has 3 nitrogen and oxygen atoms in total. The van der Waals surface area contributed by atoms with Crippen molar-refractivity contribution < 1.29 is 15.0 Å². The van der Waals surface area contributed by atoms with Crippen molar-refractivity contribution in [2.75, 3.05) is 0 Å². The monoisotopic (exact) mass is 316 g/mol. The molecule has 0 radical (unpaired) electrons. The highest BCUT2D eigenvalue weighted by atomic mass is 16.3. The average molecular weight is 316 g/mol. The number of hydrogen-bond donors (Lipinski definition) is 2. The highest BCUT2D eigenvalue weighted by molar-refractivity contribution is 5.99. The second-order valence-corrected chi connectivity index (χ2v) is 8.79. The van der Waals surface area contributed by atoms with Crippen molar-refractivity contribution in [2.24, 2.45) is 11.3 Å². The molecule has 1 aromatic carbocycles. The molecule has 0 heterocycles. The zero-order chi connectivity index (χ0) is 17.2. The lowest BCUT2D eigenvalue weighted by molar-refractivity contribution is -0.0687. The van der Waals surface area contributed by atoms with Gasteiger partial charge in [-0.15, -0.1) is 0 Å². The van der Waals surface area contributed by atoms with E-state index in [0.717, 1.165) is 29.5 Å². The topological polar surface area (TPSA) is 57.5 Å². The SMILES string of the molecule is CC(C)(O)c1ccc2c(c1)C(=O)C[C@H]1C(C)(C)[C@@H](O)CC[C@]21C. The van der Waals surface area contributed by atoms with E-state index in [0.29, 0.717) is 6.42 Å². The number of Topliss-reactive ketones (excluding diaryl/α,β-unsaturated/α-hetero) is 1. The van der Waals surface area contributed by atoms with Crippen LogP contribution in [0.25, 0.3) is 0 Å². The van der Waals surface area contributed by atoms with Gasteiger partial charge >= 0.3 is 0 Å². The third-order valence-corrected chi connectivity index (χ3v) is 6.49. The second kappa shape index (κ2) is 4.90. The molecule has 1 aromatic rings. The number of fused-ring (bicyclic) bond motifs is 3. The van der Waals surface area contributed by atoms with Crippen molar-refractivity contribution in [3.8, 4) is 0 Å². The van der Waals surface area contributed by atoms with Crippen LogP contribution in [0.3, 0.4) is 0 Å². The van der Waals surface area contributed by atoms with E-state index >= 15 is 0 Å². The number of benzene rings is 1. The van der Waals surface area contributed by atoms with Crippen LogP contribution in [0.4, 0.5) is 0 Å². The van der Waals surface area contributed by atoms with Crippen molar-refractivity contribution in [3.63, 3.8) is 0 Å². The van der Waals surface area contributed by atoms with Crippen LogP contribution in [0.2, 0.25) is 0 Å². The van der Waals surface area contributed by atoms with E-state index < -0.39 is 5.60 Å². The Hall–Kier alpha value is -1.19. The van der Waals surface area contributed by atoms with Crippen molar-refractivity contribution in [2.45, 2.75) is 71.0 Å². The Labute approximate surface area is 138 Å². The summed E-state index contributed by atoms with van der Waals surface area (Å²) in [6, 6.07) is 5.84. The van der Waals surface area contributed by atoms with Crippen LogP contribution >= 0.6 is 0 Å². The smallest absolute Gasteiger partial charge is 0.163 e. The average Bonchev–Trinajstić information content (AvgIpc) is 2.46. The number of rotatable bonds is 1. The Morgan fingerprint density at radius 2 is 1.87 bits per heavy atom. The van der Waals surface area contributed by atoms with E-state index in [1.807, 2.05) is 18.2 Å². The van der Waals surface area contributed by atoms with Crippen molar-refractivity contribution in [1.82, 2.24) is 0 Å². The number of ketones is 1. The van der Waals surface area contributed by atoms with Gasteiger partial charge in [-0.2, -0.15) is 0 Å². The van der Waals surface area contributed by atoms with Crippen molar-refractivity contribution in [3.05, 3.63) is 34.9 Å². The molecule has 0 aliphatic heterocycles. The predicted octanol–water partition coefficient (Wildman–Crippen LogP) is 3.56. The minimum absolute atomic E-state index is 0.0932. The largest absolute Gasteiger partial charge is 0.393 e. The standard InChI is InChI=1S/C20H28O3/c1-18(2)16-11-15(21)13-10-12(19(3,4)23)6-7-14(13)20(16,5)9-8-17(18)22/h6-7,10,16-17,22-23H,8-9,11H2,1-5H3/t16-,17-,20+/m0/s1. The fourth-order valence-electron chi connectivity index (χ4n) is 4.80. The summed E-state index contributed by atoms with van der Waals surface area (Å²) in [6.45, 7) is 9.89. The molecule has 2 aliphatic rings. The van der Waals surface area contributed by atoms with E-state index in [1.54, 1.807) is 13.8 Å². The van der Waals surface area contributed by atoms with Gasteiger partial charge < -0.3 is 10.2 Å². The van der Waals surface area contributed by atoms with Gasteiger partial charge in [-0.3, -0.25) is 4.79 Å². The minimum Gasteiger partial charge on any atom is -0.393 e. The molecule has 0 amide bonds. The lowest BCUT2D eigenvalue weighted by Gasteiger charge is -2.55. The molecule has 2 N–H and O–H groups in total. The maximum absolute atomic E-state index is 12.8. The molecule has 3 atom stereocenters. The maximum Gasteiger partial charge on any atom is 0.163 e. The second-order valence-electron chi connectivity index (χ2n) is 8.79. The summed E-state index contributed by atoms with van der Waals surface area (Å²) in [5.74, 6) is 0.280. The highest BCUT2D eigenvalue weighted by Gasteiger charge is 2.55. The summed E-state index contributed by atoms with van der Waals surface area (Å²) in [7, 11) is 0. The molecular formula is C20H28O3. The summed E-state index contributed by atoms with van der Waals surface area (Å²) < 4.78 is 0. The number of hydrogen-bond acceptors (Lipinski definition) is 3. The molecular weight excluding hydrogens is 288 g/mol. The Bertz CT molecular complexity index is 653. The van der Waals surface area contributed by atoms with E-state index in [4.69, 9.17) is 0 Å². The van der Waals surface area contributed by atoms with Crippen molar-refractivity contribution >= 4 is 5.78 Å². The lowest BCUT2D eigenvalue weighted by Crippen LogP contribution is -2.54. The van der Waals surface area contributed by atoms with Gasteiger partial charge in [-0.1, -0.05) is 32.9 Å². The normalized spacial score (nSPS) is 33.1. The van der Waals surface area contributed by atoms with Gasteiger partial charge in [0, 0.05) is 12.0 Å². The molecule has 1 fully saturated rings. The Kier molecular flexibility index (Phi) is 3.55. The van der Waals surface area contributed by atoms with E-state index in [-0.39, 0.29) is 28.6 Å². The van der Waals surface area contributed by atoms with Gasteiger partial charge in [0.2, 0.25) is 0 Å². The number of aliphatic hydroxyl groups is 2. The van der Waals surface area contributed by atoms with Crippen LogP contribution in [-0.4, -0.2) is 22.1 Å². The fourth-order valence-corrected chi connectivity index (χ4v) is 4.80. The summed E-state index contributed by atoms with van der Waals surface area (Å²) in [5.41, 5.74) is 1.32. The van der Waals surface area contributed by atoms with Crippen LogP contribution < -0.4 is 0 Å². The van der Waals surface area contributed by atoms with Crippen molar-refractivity contribution in [1.29, 1.82) is 0 Å². The van der Waals surface area contributed by atoms with Gasteiger partial charge in [-0.25, -0.2) is 0 Å². The van der Waals surface area contributed by atoms with Gasteiger partial charge in [0.1, 0.15) is 0 Å². The first kappa shape index (κ1) is 16.7. The highest BCUT2D eigenvalue weighted by Crippen LogP contribution is 2.57. The van der Waals surface area contributed by atoms with Gasteiger partial charge in [-0.05, 0) is 60.6 Å². The molecule has 0 aromatic heterocycles. The van der Waals surface area contributed by atoms with Gasteiger partial charge in [0.15, 0.2) is 5.78 Å². The number of carbonyl (C=O) groups is 1. The quantitative estimate of drug-likeness (QED) is 0.833. The summed E-state index contributed by atoms with van der Waals surface area (Å²) in [4.78, 5) is 12.8. The van der Waals surface area contributed by atoms with Crippen LogP contribution in [0.5, 0.6) is 0 Å². The molecule has 1 saturated carbocycles. The van der Waals surface area contributed by atoms with Gasteiger partial charge in [0.25, 0.3) is 0 Å². The molecule has 3 rings (SSSR count). The van der Waals surface area contributed by atoms with Gasteiger partial charge in [0.05, 0.1) is 11.7 Å². The number of aliphatic hydroxyl groups excluding tert-OH is 1. The zero-order valence-corrected chi connectivity index (χ0v) is 14.8. The lowest BCUT2D eigenvalue weighted by atomic mass is 9.49. The molecule has 0 saturated heterocycles. The Morgan fingerprint density at radius 1 is 1.22 bits per heavy atom. The number of carbonyl (C=O) groups excluding carboxylic acids is 1. The summed E-state index contributed by atoms with van der Waals surface area (Å²) in [5, 5.41) is 20.7. The molecule has 0 spiro atoms. The molecule has 3 heteroatoms. The molecule has 126 valence electrons. The third kappa shape index (κ3) is 2.36. The first-order valence-electron chi connectivity index (χ1n) is 8.56. The van der Waals surface area contributed by atoms with E-state index in [2.05, 4.69) is 20.8 Å². The molecule has 2 aliphatic carbocycles. The van der Waals surface area contributed by atoms with Crippen LogP contribution in [-0.2, 0) is 11.0 Å². The minimum atomic E-state index is -0.949. The molecule has 23 heavy (non-hydrogen) atoms. The third-order valence-electron chi connectivity index (χ3n) is 6.49. The summed E-state index contributed by atoms with van der Waals surface area (Å²) in [6.07, 6.45) is 1.78. The maximum atomic E-state index is 12.8. The predicted molar refractivity (Wildman–Crippen MR) is 90.5 cm³/mol. The summed E-state index contributed by atoms with van der Waals surface area (Å²) >= 11 is 0. The van der Waals surface area contributed by atoms with Crippen LogP contribution in [0.1, 0.15) is 75.4 Å². The van der Waals surface area contributed by atoms with Crippen LogP contribution in [0.15, 0.2) is 18.2 Å². The first-order chi connectivity index (χ1) is 10.5. The molecule has 0 bridgehead atoms.